The topological polar surface area (TPSA) is 41.1 Å². The molecule has 0 aliphatic carbocycles. The Balaban J connectivity index is 1.98. The van der Waals surface area contributed by atoms with Crippen LogP contribution in [0, 0.1) is 5.41 Å². The summed E-state index contributed by atoms with van der Waals surface area (Å²) in [6.07, 6.45) is 2.35. The minimum atomic E-state index is -0.158. The molecule has 2 rings (SSSR count). The van der Waals surface area contributed by atoms with Crippen molar-refractivity contribution in [2.45, 2.75) is 32.7 Å². The molecular formula is C15H20Cl2N2O. The van der Waals surface area contributed by atoms with Gasteiger partial charge in [-0.1, -0.05) is 37.0 Å². The largest absolute Gasteiger partial charge is 0.350 e. The number of carbonyl (C=O) groups is 1. The molecule has 1 saturated heterocycles. The van der Waals surface area contributed by atoms with Gasteiger partial charge in [0.05, 0.1) is 10.6 Å². The molecule has 0 saturated carbocycles. The van der Waals surface area contributed by atoms with Gasteiger partial charge < -0.3 is 10.6 Å². The number of benzene rings is 1. The molecule has 1 aromatic carbocycles. The first kappa shape index (κ1) is 15.6. The third kappa shape index (κ3) is 3.66. The molecule has 20 heavy (non-hydrogen) atoms. The molecular weight excluding hydrogens is 295 g/mol. The lowest BCUT2D eigenvalue weighted by atomic mass is 9.77. The highest BCUT2D eigenvalue weighted by Crippen LogP contribution is 2.29. The van der Waals surface area contributed by atoms with Gasteiger partial charge >= 0.3 is 0 Å². The number of rotatable bonds is 3. The lowest BCUT2D eigenvalue weighted by Crippen LogP contribution is -2.52. The van der Waals surface area contributed by atoms with E-state index in [0.29, 0.717) is 22.2 Å². The average molecular weight is 315 g/mol. The Hall–Kier alpha value is -0.770. The monoisotopic (exact) mass is 314 g/mol. The smallest absolute Gasteiger partial charge is 0.252 e. The SMILES string of the molecule is CC1(C)CCCNC1CNC(=O)c1ccc(Cl)cc1Cl. The molecule has 110 valence electrons. The summed E-state index contributed by atoms with van der Waals surface area (Å²) in [5, 5.41) is 7.34. The van der Waals surface area contributed by atoms with Crippen molar-refractivity contribution in [2.75, 3.05) is 13.1 Å². The molecule has 2 N–H and O–H groups in total. The number of piperidine rings is 1. The van der Waals surface area contributed by atoms with Gasteiger partial charge in [-0.25, -0.2) is 0 Å². The van der Waals surface area contributed by atoms with Crippen molar-refractivity contribution in [3.8, 4) is 0 Å². The van der Waals surface area contributed by atoms with Crippen molar-refractivity contribution in [3.05, 3.63) is 33.8 Å². The zero-order valence-corrected chi connectivity index (χ0v) is 13.3. The third-order valence-electron chi connectivity index (χ3n) is 3.97. The summed E-state index contributed by atoms with van der Waals surface area (Å²) >= 11 is 11.9. The van der Waals surface area contributed by atoms with Gasteiger partial charge in [0.25, 0.3) is 5.91 Å². The van der Waals surface area contributed by atoms with Crippen LogP contribution in [0.1, 0.15) is 37.0 Å². The fourth-order valence-corrected chi connectivity index (χ4v) is 3.08. The molecule has 1 unspecified atom stereocenters. The maximum atomic E-state index is 12.2. The highest BCUT2D eigenvalue weighted by Gasteiger charge is 2.32. The van der Waals surface area contributed by atoms with Crippen LogP contribution in [0.4, 0.5) is 0 Å². The second-order valence-electron chi connectivity index (χ2n) is 5.93. The maximum Gasteiger partial charge on any atom is 0.252 e. The maximum absolute atomic E-state index is 12.2. The Morgan fingerprint density at radius 1 is 1.45 bits per heavy atom. The van der Waals surface area contributed by atoms with E-state index in [4.69, 9.17) is 23.2 Å². The van der Waals surface area contributed by atoms with E-state index >= 15 is 0 Å². The zero-order chi connectivity index (χ0) is 14.8. The first-order chi connectivity index (χ1) is 9.40. The highest BCUT2D eigenvalue weighted by atomic mass is 35.5. The third-order valence-corrected chi connectivity index (χ3v) is 4.52. The first-order valence-electron chi connectivity index (χ1n) is 6.87. The second-order valence-corrected chi connectivity index (χ2v) is 6.78. The molecule has 0 bridgehead atoms. The highest BCUT2D eigenvalue weighted by molar-refractivity contribution is 6.36. The van der Waals surface area contributed by atoms with E-state index in [9.17, 15) is 4.79 Å². The van der Waals surface area contributed by atoms with Gasteiger partial charge in [-0.2, -0.15) is 0 Å². The summed E-state index contributed by atoms with van der Waals surface area (Å²) in [5.41, 5.74) is 0.652. The van der Waals surface area contributed by atoms with Crippen molar-refractivity contribution in [2.24, 2.45) is 5.41 Å². The summed E-state index contributed by atoms with van der Waals surface area (Å²) < 4.78 is 0. The van der Waals surface area contributed by atoms with Gasteiger partial charge in [0.2, 0.25) is 0 Å². The fraction of sp³-hybridized carbons (Fsp3) is 0.533. The number of nitrogens with one attached hydrogen (secondary N) is 2. The van der Waals surface area contributed by atoms with Crippen molar-refractivity contribution in [1.29, 1.82) is 0 Å². The molecule has 1 amide bonds. The summed E-state index contributed by atoms with van der Waals surface area (Å²) in [5.74, 6) is -0.158. The number of hydrogen-bond donors (Lipinski definition) is 2. The van der Waals surface area contributed by atoms with E-state index in [1.54, 1.807) is 18.2 Å². The van der Waals surface area contributed by atoms with Gasteiger partial charge in [-0.15, -0.1) is 0 Å². The zero-order valence-electron chi connectivity index (χ0n) is 11.8. The Kier molecular flexibility index (Phi) is 4.95. The average Bonchev–Trinajstić information content (AvgIpc) is 2.36. The van der Waals surface area contributed by atoms with E-state index in [0.717, 1.165) is 6.54 Å². The van der Waals surface area contributed by atoms with Crippen molar-refractivity contribution in [3.63, 3.8) is 0 Å². The van der Waals surface area contributed by atoms with Crippen LogP contribution in [-0.4, -0.2) is 25.0 Å². The fourth-order valence-electron chi connectivity index (χ4n) is 2.58. The Bertz CT molecular complexity index is 503. The minimum Gasteiger partial charge on any atom is -0.350 e. The molecule has 0 spiro atoms. The van der Waals surface area contributed by atoms with Gasteiger partial charge in [-0.3, -0.25) is 4.79 Å². The molecule has 5 heteroatoms. The number of carbonyl (C=O) groups excluding carboxylic acids is 1. The minimum absolute atomic E-state index is 0.158. The normalized spacial score (nSPS) is 21.5. The lowest BCUT2D eigenvalue weighted by molar-refractivity contribution is 0.0929. The first-order valence-corrected chi connectivity index (χ1v) is 7.62. The molecule has 3 nitrogen and oxygen atoms in total. The summed E-state index contributed by atoms with van der Waals surface area (Å²) in [4.78, 5) is 12.2. The molecule has 1 heterocycles. The predicted octanol–water partition coefficient (Wildman–Crippen LogP) is 3.50. The Morgan fingerprint density at radius 2 is 2.20 bits per heavy atom. The standard InChI is InChI=1S/C15H20Cl2N2O/c1-15(2)6-3-7-18-13(15)9-19-14(20)11-5-4-10(16)8-12(11)17/h4-5,8,13,18H,3,6-7,9H2,1-2H3,(H,19,20). The van der Waals surface area contributed by atoms with Crippen LogP contribution in [0.3, 0.4) is 0 Å². The molecule has 1 atom stereocenters. The van der Waals surface area contributed by atoms with Crippen molar-refractivity contribution < 1.29 is 4.79 Å². The summed E-state index contributed by atoms with van der Waals surface area (Å²) in [7, 11) is 0. The Labute approximate surface area is 130 Å². The van der Waals surface area contributed by atoms with E-state index in [1.807, 2.05) is 0 Å². The van der Waals surface area contributed by atoms with E-state index in [1.165, 1.54) is 12.8 Å². The number of halogens is 2. The van der Waals surface area contributed by atoms with Crippen LogP contribution < -0.4 is 10.6 Å². The summed E-state index contributed by atoms with van der Waals surface area (Å²) in [6, 6.07) is 5.19. The van der Waals surface area contributed by atoms with Crippen LogP contribution in [-0.2, 0) is 0 Å². The second kappa shape index (κ2) is 6.33. The number of amides is 1. The number of hydrogen-bond acceptors (Lipinski definition) is 2. The summed E-state index contributed by atoms with van der Waals surface area (Å²) in [6.45, 7) is 6.06. The molecule has 0 radical (unpaired) electrons. The molecule has 1 fully saturated rings. The molecule has 1 aliphatic rings. The molecule has 1 aromatic rings. The van der Waals surface area contributed by atoms with Crippen LogP contribution in [0.5, 0.6) is 0 Å². The van der Waals surface area contributed by atoms with Crippen molar-refractivity contribution in [1.82, 2.24) is 10.6 Å². The molecule has 1 aliphatic heterocycles. The predicted molar refractivity (Wildman–Crippen MR) is 83.6 cm³/mol. The van der Waals surface area contributed by atoms with Crippen LogP contribution in [0.25, 0.3) is 0 Å². The van der Waals surface area contributed by atoms with E-state index in [-0.39, 0.29) is 17.4 Å². The van der Waals surface area contributed by atoms with E-state index < -0.39 is 0 Å². The van der Waals surface area contributed by atoms with Gasteiger partial charge in [-0.05, 0) is 43.0 Å². The van der Waals surface area contributed by atoms with Gasteiger partial charge in [0, 0.05) is 17.6 Å². The van der Waals surface area contributed by atoms with E-state index in [2.05, 4.69) is 24.5 Å². The van der Waals surface area contributed by atoms with Crippen LogP contribution in [0.15, 0.2) is 18.2 Å². The van der Waals surface area contributed by atoms with Crippen LogP contribution >= 0.6 is 23.2 Å². The van der Waals surface area contributed by atoms with Crippen LogP contribution in [0.2, 0.25) is 10.0 Å². The molecule has 0 aromatic heterocycles. The van der Waals surface area contributed by atoms with Crippen molar-refractivity contribution >= 4 is 29.1 Å². The lowest BCUT2D eigenvalue weighted by Gasteiger charge is -2.39. The van der Waals surface area contributed by atoms with Gasteiger partial charge in [0.1, 0.15) is 0 Å². The quantitative estimate of drug-likeness (QED) is 0.896. The Morgan fingerprint density at radius 3 is 2.85 bits per heavy atom. The van der Waals surface area contributed by atoms with Gasteiger partial charge in [0.15, 0.2) is 0 Å².